The largest absolute Gasteiger partial charge is 0.376 e. The van der Waals surface area contributed by atoms with E-state index in [1.807, 2.05) is 48.5 Å². The Labute approximate surface area is 232 Å². The van der Waals surface area contributed by atoms with E-state index in [4.69, 9.17) is 13.1 Å². The Morgan fingerprint density at radius 1 is 0.658 bits per heavy atom. The van der Waals surface area contributed by atoms with Crippen LogP contribution in [-0.4, -0.2) is 0 Å². The molecule has 0 spiro atoms. The van der Waals surface area contributed by atoms with Crippen molar-refractivity contribution in [3.63, 3.8) is 0 Å². The van der Waals surface area contributed by atoms with Crippen molar-refractivity contribution in [1.29, 1.82) is 10.5 Å². The number of nitriles is 2. The molecule has 0 aromatic heterocycles. The lowest BCUT2D eigenvalue weighted by Crippen LogP contribution is -2.27. The summed E-state index contributed by atoms with van der Waals surface area (Å²) in [4.78, 5) is 8.64. The molecule has 38 heavy (non-hydrogen) atoms. The Morgan fingerprint density at radius 2 is 1.21 bits per heavy atom. The summed E-state index contributed by atoms with van der Waals surface area (Å²) in [5, 5.41) is 26.9. The number of nitrogens with one attached hydrogen (secondary N) is 2. The SMILES string of the molecule is [C-]#[N+]c1cccc(C(Nc2ccccc2S)C(Nc2ccccc2S)c2cccc(C#N)c2[N+]#[C-])c1C#N. The average Bonchev–Trinajstić information content (AvgIpc) is 2.95. The summed E-state index contributed by atoms with van der Waals surface area (Å²) in [7, 11) is 0. The average molecular weight is 529 g/mol. The van der Waals surface area contributed by atoms with E-state index in [1.165, 1.54) is 0 Å². The molecular formula is C30H20N6S2. The first-order valence-corrected chi connectivity index (χ1v) is 12.3. The summed E-state index contributed by atoms with van der Waals surface area (Å²) in [6.07, 6.45) is 0. The van der Waals surface area contributed by atoms with Crippen molar-refractivity contribution in [1.82, 2.24) is 0 Å². The first-order valence-electron chi connectivity index (χ1n) is 11.4. The zero-order valence-corrected chi connectivity index (χ0v) is 21.7. The maximum atomic E-state index is 10.1. The second-order valence-corrected chi connectivity index (χ2v) is 9.17. The molecule has 182 valence electrons. The van der Waals surface area contributed by atoms with Crippen LogP contribution >= 0.6 is 25.3 Å². The van der Waals surface area contributed by atoms with E-state index in [-0.39, 0.29) is 22.5 Å². The molecule has 0 saturated carbocycles. The fourth-order valence-electron chi connectivity index (χ4n) is 4.27. The number of benzene rings is 4. The summed E-state index contributed by atoms with van der Waals surface area (Å²) >= 11 is 9.23. The molecule has 0 aliphatic rings. The van der Waals surface area contributed by atoms with Crippen LogP contribution < -0.4 is 10.6 Å². The number of nitrogens with zero attached hydrogens (tertiary/aromatic N) is 4. The highest BCUT2D eigenvalue weighted by atomic mass is 32.1. The Bertz CT molecular complexity index is 1550. The van der Waals surface area contributed by atoms with Crippen molar-refractivity contribution in [2.45, 2.75) is 21.9 Å². The third-order valence-corrected chi connectivity index (χ3v) is 6.82. The number of rotatable bonds is 7. The van der Waals surface area contributed by atoms with Crippen LogP contribution in [0.2, 0.25) is 0 Å². The number of para-hydroxylation sites is 3. The monoisotopic (exact) mass is 528 g/mol. The predicted octanol–water partition coefficient (Wildman–Crippen LogP) is 8.12. The van der Waals surface area contributed by atoms with E-state index in [9.17, 15) is 10.5 Å². The van der Waals surface area contributed by atoms with Gasteiger partial charge in [-0.2, -0.15) is 10.5 Å². The van der Waals surface area contributed by atoms with Crippen molar-refractivity contribution in [3.8, 4) is 12.1 Å². The smallest absolute Gasteiger partial charge is 0.209 e. The van der Waals surface area contributed by atoms with Gasteiger partial charge in [-0.3, -0.25) is 0 Å². The minimum Gasteiger partial charge on any atom is -0.376 e. The Kier molecular flexibility index (Phi) is 8.22. The van der Waals surface area contributed by atoms with E-state index in [0.717, 1.165) is 0 Å². The first-order chi connectivity index (χ1) is 18.5. The van der Waals surface area contributed by atoms with Crippen molar-refractivity contribution in [3.05, 3.63) is 130 Å². The van der Waals surface area contributed by atoms with Gasteiger partial charge in [0.1, 0.15) is 0 Å². The number of anilines is 2. The molecule has 8 heteroatoms. The van der Waals surface area contributed by atoms with Crippen LogP contribution in [0.3, 0.4) is 0 Å². The lowest BCUT2D eigenvalue weighted by molar-refractivity contribution is 0.648. The second kappa shape index (κ2) is 11.9. The van der Waals surface area contributed by atoms with E-state index < -0.39 is 12.1 Å². The van der Waals surface area contributed by atoms with Gasteiger partial charge < -0.3 is 10.6 Å². The zero-order chi connectivity index (χ0) is 27.1. The molecule has 0 heterocycles. The molecule has 0 aliphatic carbocycles. The van der Waals surface area contributed by atoms with E-state index in [1.54, 1.807) is 36.4 Å². The normalized spacial score (nSPS) is 11.6. The van der Waals surface area contributed by atoms with E-state index in [0.29, 0.717) is 32.3 Å². The van der Waals surface area contributed by atoms with Gasteiger partial charge >= 0.3 is 0 Å². The molecule has 2 N–H and O–H groups in total. The molecule has 0 fully saturated rings. The molecule has 4 rings (SSSR count). The van der Waals surface area contributed by atoms with Crippen LogP contribution in [0.15, 0.2) is 94.7 Å². The summed E-state index contributed by atoms with van der Waals surface area (Å²) in [6.45, 7) is 15.5. The summed E-state index contributed by atoms with van der Waals surface area (Å²) < 4.78 is 0. The summed E-state index contributed by atoms with van der Waals surface area (Å²) in [5.74, 6) is 0. The van der Waals surface area contributed by atoms with Crippen LogP contribution in [0, 0.1) is 35.8 Å². The maximum absolute atomic E-state index is 10.1. The van der Waals surface area contributed by atoms with Gasteiger partial charge in [0.05, 0.1) is 48.5 Å². The molecule has 0 aliphatic heterocycles. The van der Waals surface area contributed by atoms with Crippen molar-refractivity contribution in [2.24, 2.45) is 0 Å². The van der Waals surface area contributed by atoms with E-state index in [2.05, 4.69) is 57.7 Å². The number of hydrogen-bond donors (Lipinski definition) is 4. The third-order valence-electron chi connectivity index (χ3n) is 6.04. The molecule has 4 aromatic carbocycles. The van der Waals surface area contributed by atoms with Crippen LogP contribution in [0.4, 0.5) is 22.7 Å². The predicted molar refractivity (Wildman–Crippen MR) is 155 cm³/mol. The highest BCUT2D eigenvalue weighted by Crippen LogP contribution is 2.43. The number of hydrogen-bond acceptors (Lipinski definition) is 6. The minimum atomic E-state index is -0.665. The standard InChI is InChI=1S/C30H20N6S2/c1-33-23-14-8-10-20(22(23)18-32)29(35-24-12-3-5-15-26(24)37)30(36-25-13-4-6-16-27(25)38)21-11-7-9-19(17-31)28(21)34-2/h3-16,29-30,35-38H. The molecule has 0 bridgehead atoms. The van der Waals surface area contributed by atoms with Gasteiger partial charge in [0.25, 0.3) is 0 Å². The Hall–Kier alpha value is -4.86. The van der Waals surface area contributed by atoms with Crippen LogP contribution in [0.25, 0.3) is 9.69 Å². The fraction of sp³-hybridized carbons (Fsp3) is 0.0667. The molecule has 0 saturated heterocycles. The maximum Gasteiger partial charge on any atom is 0.209 e. The molecule has 6 nitrogen and oxygen atoms in total. The van der Waals surface area contributed by atoms with Gasteiger partial charge in [-0.05, 0) is 35.4 Å². The lowest BCUT2D eigenvalue weighted by atomic mass is 9.88. The highest BCUT2D eigenvalue weighted by molar-refractivity contribution is 7.80. The molecule has 2 atom stereocenters. The van der Waals surface area contributed by atoms with Gasteiger partial charge in [0.15, 0.2) is 0 Å². The number of thiol groups is 2. The topological polar surface area (TPSA) is 80.4 Å². The van der Waals surface area contributed by atoms with Crippen molar-refractivity contribution < 1.29 is 0 Å². The fourth-order valence-corrected chi connectivity index (χ4v) is 4.72. The van der Waals surface area contributed by atoms with Gasteiger partial charge in [0, 0.05) is 21.2 Å². The quantitative estimate of drug-likeness (QED) is 0.144. The molecule has 2 unspecified atom stereocenters. The molecule has 0 amide bonds. The third kappa shape index (κ3) is 5.29. The first kappa shape index (κ1) is 26.2. The minimum absolute atomic E-state index is 0.204. The molecule has 0 radical (unpaired) electrons. The summed E-state index contributed by atoms with van der Waals surface area (Å²) in [6, 6.07) is 28.1. The summed E-state index contributed by atoms with van der Waals surface area (Å²) in [5.41, 5.74) is 3.41. The van der Waals surface area contributed by atoms with Crippen LogP contribution in [-0.2, 0) is 0 Å². The van der Waals surface area contributed by atoms with Gasteiger partial charge in [-0.15, -0.1) is 25.3 Å². The van der Waals surface area contributed by atoms with Crippen molar-refractivity contribution >= 4 is 48.0 Å². The zero-order valence-electron chi connectivity index (χ0n) is 19.9. The molecular weight excluding hydrogens is 509 g/mol. The molecule has 4 aromatic rings. The van der Waals surface area contributed by atoms with Crippen LogP contribution in [0.1, 0.15) is 34.3 Å². The second-order valence-electron chi connectivity index (χ2n) is 8.21. The van der Waals surface area contributed by atoms with Gasteiger partial charge in [-0.25, -0.2) is 9.69 Å². The van der Waals surface area contributed by atoms with Gasteiger partial charge in [-0.1, -0.05) is 60.7 Å². The van der Waals surface area contributed by atoms with Crippen molar-refractivity contribution in [2.75, 3.05) is 10.6 Å². The Balaban J connectivity index is 2.03. The lowest BCUT2D eigenvalue weighted by Gasteiger charge is -2.33. The van der Waals surface area contributed by atoms with Gasteiger partial charge in [0.2, 0.25) is 11.4 Å². The van der Waals surface area contributed by atoms with Crippen LogP contribution in [0.5, 0.6) is 0 Å². The highest BCUT2D eigenvalue weighted by Gasteiger charge is 2.31. The van der Waals surface area contributed by atoms with E-state index >= 15 is 0 Å². The Morgan fingerprint density at radius 3 is 1.74 bits per heavy atom.